The zero-order valence-corrected chi connectivity index (χ0v) is 21.9. The van der Waals surface area contributed by atoms with Crippen LogP contribution in [0.15, 0.2) is 42.6 Å². The van der Waals surface area contributed by atoms with Crippen molar-refractivity contribution in [1.29, 1.82) is 0 Å². The van der Waals surface area contributed by atoms with Gasteiger partial charge < -0.3 is 10.4 Å². The number of rotatable bonds is 6. The second-order valence-electron chi connectivity index (χ2n) is 10.7. The Morgan fingerprint density at radius 1 is 0.763 bits per heavy atom. The molecule has 2 aliphatic heterocycles. The normalized spacial score (nSPS) is 18.3. The molecule has 3 aromatic rings. The molecule has 8 heteroatoms. The molecule has 204 valence electrons. The number of pyridine rings is 1. The number of nitrogens with zero attached hydrogens (tertiary/aromatic N) is 3. The molecule has 5 rings (SSSR count). The first-order valence-electron chi connectivity index (χ1n) is 13.9. The summed E-state index contributed by atoms with van der Waals surface area (Å²) < 4.78 is 39.8. The largest absolute Gasteiger partial charge is 0.507 e. The van der Waals surface area contributed by atoms with Gasteiger partial charge >= 0.3 is 6.18 Å². The van der Waals surface area contributed by atoms with Gasteiger partial charge in [-0.05, 0) is 82.2 Å². The first-order valence-corrected chi connectivity index (χ1v) is 13.9. The van der Waals surface area contributed by atoms with Crippen molar-refractivity contribution >= 4 is 22.3 Å². The number of fused-ring (bicyclic) bond motifs is 1. The van der Waals surface area contributed by atoms with Crippen molar-refractivity contribution in [3.63, 3.8) is 0 Å². The molecule has 0 amide bonds. The van der Waals surface area contributed by atoms with Crippen molar-refractivity contribution in [2.24, 2.45) is 0 Å². The van der Waals surface area contributed by atoms with Gasteiger partial charge in [0.2, 0.25) is 0 Å². The summed E-state index contributed by atoms with van der Waals surface area (Å²) in [6, 6.07) is 9.43. The highest BCUT2D eigenvalue weighted by Gasteiger charge is 2.30. The fourth-order valence-electron chi connectivity index (χ4n) is 5.73. The predicted octanol–water partition coefficient (Wildman–Crippen LogP) is 7.45. The third-order valence-corrected chi connectivity index (χ3v) is 7.80. The average molecular weight is 527 g/mol. The second kappa shape index (κ2) is 11.9. The third kappa shape index (κ3) is 6.59. The molecule has 0 spiro atoms. The van der Waals surface area contributed by atoms with Crippen LogP contribution < -0.4 is 5.32 Å². The number of likely N-dealkylation sites (tertiary alicyclic amines) is 2. The van der Waals surface area contributed by atoms with Crippen molar-refractivity contribution in [2.75, 3.05) is 31.5 Å². The molecule has 0 saturated carbocycles. The number of phenols is 1. The van der Waals surface area contributed by atoms with E-state index >= 15 is 0 Å². The average Bonchev–Trinajstić information content (AvgIpc) is 3.31. The van der Waals surface area contributed by atoms with Gasteiger partial charge in [0.1, 0.15) is 5.75 Å². The molecular weight excluding hydrogens is 489 g/mol. The van der Waals surface area contributed by atoms with Crippen LogP contribution in [0, 0.1) is 0 Å². The summed E-state index contributed by atoms with van der Waals surface area (Å²) in [6.45, 7) is 5.45. The minimum atomic E-state index is -4.42. The minimum absolute atomic E-state index is 0.290. The van der Waals surface area contributed by atoms with Gasteiger partial charge in [0.05, 0.1) is 11.1 Å². The van der Waals surface area contributed by atoms with E-state index in [0.717, 1.165) is 55.1 Å². The van der Waals surface area contributed by atoms with Crippen LogP contribution >= 0.6 is 0 Å². The van der Waals surface area contributed by atoms with E-state index < -0.39 is 11.7 Å². The van der Waals surface area contributed by atoms with Crippen LogP contribution in [0.25, 0.3) is 10.9 Å². The summed E-state index contributed by atoms with van der Waals surface area (Å²) in [4.78, 5) is 9.02. The Kier molecular flexibility index (Phi) is 8.39. The van der Waals surface area contributed by atoms with Crippen molar-refractivity contribution in [1.82, 2.24) is 14.8 Å². The highest BCUT2D eigenvalue weighted by molar-refractivity contribution is 5.93. The predicted molar refractivity (Wildman–Crippen MR) is 146 cm³/mol. The monoisotopic (exact) mass is 526 g/mol. The molecule has 38 heavy (non-hydrogen) atoms. The number of nitrogens with one attached hydrogen (secondary N) is 1. The quantitative estimate of drug-likeness (QED) is 0.327. The summed E-state index contributed by atoms with van der Waals surface area (Å²) in [7, 11) is 0. The Labute approximate surface area is 222 Å². The zero-order chi connectivity index (χ0) is 26.5. The molecule has 2 aliphatic rings. The van der Waals surface area contributed by atoms with Crippen molar-refractivity contribution < 1.29 is 18.3 Å². The van der Waals surface area contributed by atoms with Gasteiger partial charge in [-0.15, -0.1) is 0 Å². The number of benzene rings is 2. The minimum Gasteiger partial charge on any atom is -0.507 e. The molecule has 0 aliphatic carbocycles. The van der Waals surface area contributed by atoms with E-state index in [4.69, 9.17) is 0 Å². The van der Waals surface area contributed by atoms with Gasteiger partial charge in [-0.2, -0.15) is 13.2 Å². The van der Waals surface area contributed by atoms with Crippen LogP contribution in [-0.2, 0) is 19.3 Å². The molecule has 2 saturated heterocycles. The standard InChI is InChI=1S/C30H37F3N4O/c31-30(32,33)24-9-10-26-27(11-12-34-28(26)19-24)35-25-17-22(20-36-13-5-1-2-6-14-36)29(38)23(18-25)21-37-15-7-3-4-8-16-37/h9-12,17-19,38H,1-8,13-16,20-21H2,(H,34,35). The van der Waals surface area contributed by atoms with E-state index in [0.29, 0.717) is 29.9 Å². The van der Waals surface area contributed by atoms with E-state index in [-0.39, 0.29) is 5.52 Å². The zero-order valence-electron chi connectivity index (χ0n) is 21.9. The number of phenolic OH excluding ortho intramolecular Hbond substituents is 1. The van der Waals surface area contributed by atoms with E-state index in [2.05, 4.69) is 20.1 Å². The Bertz CT molecular complexity index is 1190. The number of aromatic hydroxyl groups is 1. The Balaban J connectivity index is 1.47. The molecule has 2 fully saturated rings. The van der Waals surface area contributed by atoms with Crippen LogP contribution in [0.3, 0.4) is 0 Å². The molecule has 0 bridgehead atoms. The highest BCUT2D eigenvalue weighted by atomic mass is 19.4. The van der Waals surface area contributed by atoms with Crippen molar-refractivity contribution in [3.05, 3.63) is 59.3 Å². The van der Waals surface area contributed by atoms with Crippen LogP contribution in [0.1, 0.15) is 68.1 Å². The molecule has 0 radical (unpaired) electrons. The van der Waals surface area contributed by atoms with Gasteiger partial charge in [-0.3, -0.25) is 14.8 Å². The van der Waals surface area contributed by atoms with E-state index in [1.807, 2.05) is 12.1 Å². The van der Waals surface area contributed by atoms with E-state index in [1.54, 1.807) is 6.07 Å². The fraction of sp³-hybridized carbons (Fsp3) is 0.500. The second-order valence-corrected chi connectivity index (χ2v) is 10.7. The third-order valence-electron chi connectivity index (χ3n) is 7.80. The van der Waals surface area contributed by atoms with Gasteiger partial charge in [-0.1, -0.05) is 31.7 Å². The fourth-order valence-corrected chi connectivity index (χ4v) is 5.73. The number of anilines is 2. The van der Waals surface area contributed by atoms with Gasteiger partial charge in [0.25, 0.3) is 0 Å². The van der Waals surface area contributed by atoms with Gasteiger partial charge in [0, 0.05) is 47.2 Å². The molecular formula is C30H37F3N4O. The number of hydrogen-bond donors (Lipinski definition) is 2. The smallest absolute Gasteiger partial charge is 0.416 e. The van der Waals surface area contributed by atoms with E-state index in [1.165, 1.54) is 63.6 Å². The summed E-state index contributed by atoms with van der Waals surface area (Å²) in [5.41, 5.74) is 2.87. The molecule has 0 unspecified atom stereocenters. The van der Waals surface area contributed by atoms with Crippen LogP contribution in [0.4, 0.5) is 24.5 Å². The SMILES string of the molecule is Oc1c(CN2CCCCCC2)cc(Nc2ccnc3cc(C(F)(F)F)ccc23)cc1CN1CCCCCC1. The molecule has 1 aromatic heterocycles. The lowest BCUT2D eigenvalue weighted by Gasteiger charge is -2.25. The maximum absolute atomic E-state index is 13.3. The first kappa shape index (κ1) is 26.8. The van der Waals surface area contributed by atoms with Crippen molar-refractivity contribution in [2.45, 2.75) is 70.6 Å². The van der Waals surface area contributed by atoms with E-state index in [9.17, 15) is 18.3 Å². The van der Waals surface area contributed by atoms with Crippen LogP contribution in [0.2, 0.25) is 0 Å². The number of aromatic nitrogens is 1. The van der Waals surface area contributed by atoms with Gasteiger partial charge in [-0.25, -0.2) is 0 Å². The summed E-state index contributed by atoms with van der Waals surface area (Å²) in [6.07, 6.45) is 6.77. The van der Waals surface area contributed by atoms with Crippen molar-refractivity contribution in [3.8, 4) is 5.75 Å². The van der Waals surface area contributed by atoms with Gasteiger partial charge in [0.15, 0.2) is 0 Å². The molecule has 0 atom stereocenters. The lowest BCUT2D eigenvalue weighted by atomic mass is 10.0. The van der Waals surface area contributed by atoms with Crippen LogP contribution in [-0.4, -0.2) is 46.1 Å². The topological polar surface area (TPSA) is 51.6 Å². The maximum Gasteiger partial charge on any atom is 0.416 e. The number of hydrogen-bond acceptors (Lipinski definition) is 5. The molecule has 5 nitrogen and oxygen atoms in total. The Morgan fingerprint density at radius 3 is 1.84 bits per heavy atom. The lowest BCUT2D eigenvalue weighted by molar-refractivity contribution is -0.137. The first-order chi connectivity index (χ1) is 18.4. The summed E-state index contributed by atoms with van der Waals surface area (Å²) in [5, 5.41) is 15.4. The molecule has 2 aromatic carbocycles. The number of halogens is 3. The Morgan fingerprint density at radius 2 is 1.32 bits per heavy atom. The Hall–Kier alpha value is -2.84. The number of alkyl halides is 3. The maximum atomic E-state index is 13.3. The lowest BCUT2D eigenvalue weighted by Crippen LogP contribution is -2.25. The highest BCUT2D eigenvalue weighted by Crippen LogP contribution is 2.35. The molecule has 3 heterocycles. The summed E-state index contributed by atoms with van der Waals surface area (Å²) in [5.74, 6) is 0.360. The molecule has 2 N–H and O–H groups in total. The summed E-state index contributed by atoms with van der Waals surface area (Å²) >= 11 is 0. The van der Waals surface area contributed by atoms with Crippen LogP contribution in [0.5, 0.6) is 5.75 Å².